The summed E-state index contributed by atoms with van der Waals surface area (Å²) in [4.78, 5) is 9.66. The lowest BCUT2D eigenvalue weighted by Crippen LogP contribution is -1.82. The van der Waals surface area contributed by atoms with Crippen LogP contribution >= 0.6 is 0 Å². The van der Waals surface area contributed by atoms with Crippen molar-refractivity contribution in [3.8, 4) is 17.2 Å². The lowest BCUT2D eigenvalue weighted by atomic mass is 9.98. The fraction of sp³-hybridized carbons (Fsp3) is 0. The summed E-state index contributed by atoms with van der Waals surface area (Å²) in [7, 11) is 0. The third-order valence-electron chi connectivity index (χ3n) is 4.09. The molecular weight excluding hydrogens is 298 g/mol. The highest BCUT2D eigenvalue weighted by atomic mass is 15.1. The summed E-state index contributed by atoms with van der Waals surface area (Å²) in [5.41, 5.74) is 2.60. The molecule has 0 spiro atoms. The van der Waals surface area contributed by atoms with Gasteiger partial charge in [0, 0.05) is 5.56 Å². The highest BCUT2D eigenvalue weighted by molar-refractivity contribution is 5.99. The molecule has 0 amide bonds. The Hall–Kier alpha value is -4.01. The minimum atomic E-state index is 0.154. The van der Waals surface area contributed by atoms with E-state index in [4.69, 9.17) is 13.1 Å². The SMILES string of the molecule is [C-]#[N+]c1[nH]c2c(C#N)c(-c3cccc4ccccc34)cn2c1[N+]#[C-]. The van der Waals surface area contributed by atoms with E-state index in [1.807, 2.05) is 42.5 Å². The normalized spacial score (nSPS) is 10.4. The van der Waals surface area contributed by atoms with Crippen LogP contribution in [0.25, 0.3) is 37.2 Å². The molecule has 24 heavy (non-hydrogen) atoms. The van der Waals surface area contributed by atoms with Crippen molar-refractivity contribution in [3.05, 3.63) is 77.1 Å². The number of aromatic nitrogens is 2. The summed E-state index contributed by atoms with van der Waals surface area (Å²) in [5, 5.41) is 11.8. The number of hydrogen-bond donors (Lipinski definition) is 1. The molecule has 110 valence electrons. The van der Waals surface area contributed by atoms with E-state index in [0.29, 0.717) is 11.2 Å². The van der Waals surface area contributed by atoms with Crippen molar-refractivity contribution in [3.63, 3.8) is 0 Å². The monoisotopic (exact) mass is 307 g/mol. The molecule has 0 radical (unpaired) electrons. The zero-order valence-corrected chi connectivity index (χ0v) is 12.4. The molecule has 0 aliphatic rings. The maximum atomic E-state index is 9.65. The van der Waals surface area contributed by atoms with E-state index in [1.54, 1.807) is 10.6 Å². The molecule has 0 unspecified atom stereocenters. The predicted octanol–water partition coefficient (Wildman–Crippen LogP) is 5.06. The molecule has 0 atom stereocenters. The van der Waals surface area contributed by atoms with Gasteiger partial charge in [-0.25, -0.2) is 4.40 Å². The van der Waals surface area contributed by atoms with Crippen molar-refractivity contribution in [2.75, 3.05) is 0 Å². The number of hydrogen-bond acceptors (Lipinski definition) is 1. The van der Waals surface area contributed by atoms with Crippen LogP contribution in [0.3, 0.4) is 0 Å². The zero-order chi connectivity index (χ0) is 16.7. The number of aromatic amines is 1. The fourth-order valence-electron chi connectivity index (χ4n) is 3.04. The Morgan fingerprint density at radius 3 is 2.54 bits per heavy atom. The average Bonchev–Trinajstić information content (AvgIpc) is 3.15. The van der Waals surface area contributed by atoms with Gasteiger partial charge in [-0.05, 0) is 16.3 Å². The summed E-state index contributed by atoms with van der Waals surface area (Å²) in [6.45, 7) is 14.5. The molecule has 5 heteroatoms. The Kier molecular flexibility index (Phi) is 2.85. The van der Waals surface area contributed by atoms with E-state index >= 15 is 0 Å². The van der Waals surface area contributed by atoms with Crippen LogP contribution in [-0.2, 0) is 0 Å². The molecule has 0 aliphatic carbocycles. The number of imidazole rings is 1. The van der Waals surface area contributed by atoms with Crippen LogP contribution in [-0.4, -0.2) is 9.38 Å². The number of nitriles is 1. The van der Waals surface area contributed by atoms with E-state index in [2.05, 4.69) is 20.7 Å². The van der Waals surface area contributed by atoms with Crippen molar-refractivity contribution < 1.29 is 0 Å². The van der Waals surface area contributed by atoms with Crippen LogP contribution in [0.5, 0.6) is 0 Å². The second-order valence-electron chi connectivity index (χ2n) is 5.30. The van der Waals surface area contributed by atoms with Crippen LogP contribution in [0.4, 0.5) is 11.6 Å². The van der Waals surface area contributed by atoms with E-state index in [1.165, 1.54) is 0 Å². The Balaban J connectivity index is 2.12. The van der Waals surface area contributed by atoms with Gasteiger partial charge in [0.2, 0.25) is 0 Å². The first kappa shape index (κ1) is 13.6. The molecule has 0 aliphatic heterocycles. The largest absolute Gasteiger partial charge is 0.373 e. The van der Waals surface area contributed by atoms with Gasteiger partial charge in [0.05, 0.1) is 6.20 Å². The molecular formula is C19H9N5. The first-order valence-electron chi connectivity index (χ1n) is 7.18. The van der Waals surface area contributed by atoms with Crippen LogP contribution in [0.2, 0.25) is 0 Å². The molecule has 4 rings (SSSR count). The Morgan fingerprint density at radius 1 is 1.00 bits per heavy atom. The molecule has 4 aromatic rings. The van der Waals surface area contributed by atoms with Crippen LogP contribution in [0.15, 0.2) is 48.7 Å². The van der Waals surface area contributed by atoms with E-state index in [-0.39, 0.29) is 11.6 Å². The topological polar surface area (TPSA) is 52.7 Å². The van der Waals surface area contributed by atoms with Crippen molar-refractivity contribution >= 4 is 28.1 Å². The number of nitrogens with zero attached hydrogens (tertiary/aromatic N) is 4. The molecule has 2 heterocycles. The number of benzene rings is 2. The number of nitrogens with one attached hydrogen (secondary N) is 1. The maximum absolute atomic E-state index is 9.65. The van der Waals surface area contributed by atoms with Crippen molar-refractivity contribution in [1.29, 1.82) is 5.26 Å². The Bertz CT molecular complexity index is 1230. The van der Waals surface area contributed by atoms with Gasteiger partial charge >= 0.3 is 0 Å². The van der Waals surface area contributed by atoms with Gasteiger partial charge < -0.3 is 9.69 Å². The number of fused-ring (bicyclic) bond motifs is 2. The van der Waals surface area contributed by atoms with Crippen molar-refractivity contribution in [2.24, 2.45) is 0 Å². The van der Waals surface area contributed by atoms with Gasteiger partial charge in [0.1, 0.15) is 6.07 Å². The molecule has 0 saturated heterocycles. The lowest BCUT2D eigenvalue weighted by Gasteiger charge is -2.04. The van der Waals surface area contributed by atoms with E-state index in [0.717, 1.165) is 21.9 Å². The summed E-state index contributed by atoms with van der Waals surface area (Å²) in [6.07, 6.45) is 1.76. The second kappa shape index (κ2) is 5.02. The Labute approximate surface area is 137 Å². The quantitative estimate of drug-likeness (QED) is 0.491. The summed E-state index contributed by atoms with van der Waals surface area (Å²) in [6, 6.07) is 16.1. The molecule has 5 nitrogen and oxygen atoms in total. The average molecular weight is 307 g/mol. The summed E-state index contributed by atoms with van der Waals surface area (Å²) >= 11 is 0. The maximum Gasteiger partial charge on any atom is 0.276 e. The third kappa shape index (κ3) is 1.72. The van der Waals surface area contributed by atoms with Crippen LogP contribution in [0, 0.1) is 24.5 Å². The number of rotatable bonds is 1. The fourth-order valence-corrected chi connectivity index (χ4v) is 3.04. The smallest absolute Gasteiger partial charge is 0.276 e. The van der Waals surface area contributed by atoms with Crippen LogP contribution in [0.1, 0.15) is 5.56 Å². The highest BCUT2D eigenvalue weighted by Crippen LogP contribution is 2.38. The van der Waals surface area contributed by atoms with Gasteiger partial charge in [-0.15, -0.1) is 0 Å². The predicted molar refractivity (Wildman–Crippen MR) is 91.9 cm³/mol. The van der Waals surface area contributed by atoms with Gasteiger partial charge in [-0.3, -0.25) is 4.98 Å². The van der Waals surface area contributed by atoms with Gasteiger partial charge in [-0.1, -0.05) is 55.6 Å². The van der Waals surface area contributed by atoms with E-state index < -0.39 is 0 Å². The van der Waals surface area contributed by atoms with Gasteiger partial charge in [-0.2, -0.15) is 5.26 Å². The molecule has 0 fully saturated rings. The van der Waals surface area contributed by atoms with Gasteiger partial charge in [0.15, 0.2) is 5.56 Å². The first-order valence-corrected chi connectivity index (χ1v) is 7.18. The van der Waals surface area contributed by atoms with E-state index in [9.17, 15) is 5.26 Å². The minimum absolute atomic E-state index is 0.154. The van der Waals surface area contributed by atoms with Gasteiger partial charge in [0.25, 0.3) is 17.3 Å². The molecule has 1 N–H and O–H groups in total. The highest BCUT2D eigenvalue weighted by Gasteiger charge is 2.24. The molecule has 0 saturated carbocycles. The molecule has 2 aromatic carbocycles. The Morgan fingerprint density at radius 2 is 1.79 bits per heavy atom. The van der Waals surface area contributed by atoms with Crippen LogP contribution < -0.4 is 0 Å². The zero-order valence-electron chi connectivity index (χ0n) is 12.4. The van der Waals surface area contributed by atoms with Crippen molar-refractivity contribution in [1.82, 2.24) is 9.38 Å². The lowest BCUT2D eigenvalue weighted by molar-refractivity contribution is 1.25. The second-order valence-corrected chi connectivity index (χ2v) is 5.30. The van der Waals surface area contributed by atoms with Crippen molar-refractivity contribution in [2.45, 2.75) is 0 Å². The first-order chi connectivity index (χ1) is 11.8. The summed E-state index contributed by atoms with van der Waals surface area (Å²) < 4.78 is 1.59. The minimum Gasteiger partial charge on any atom is -0.373 e. The molecule has 0 bridgehead atoms. The third-order valence-corrected chi connectivity index (χ3v) is 4.09. The number of H-pyrrole nitrogens is 1. The molecule has 2 aromatic heterocycles. The standard InChI is InChI=1S/C19H9N5/c1-21-17-19(22-2)24-11-16(15(10-20)18(24)23-17)14-9-5-7-12-6-3-4-8-13(12)14/h3-9,11,23H. The summed E-state index contributed by atoms with van der Waals surface area (Å²) in [5.74, 6) is 0.351.